The molecule has 12 rings (SSSR count). The number of hydrogen-bond donors (Lipinski definition) is 5. The van der Waals surface area contributed by atoms with Gasteiger partial charge in [0.05, 0.1) is 92.1 Å². The number of aryl methyl sites for hydroxylation is 4. The highest BCUT2D eigenvalue weighted by molar-refractivity contribution is 7.93. The smallest absolute Gasteiger partial charge is 0.335 e. The Morgan fingerprint density at radius 2 is 1.32 bits per heavy atom. The summed E-state index contributed by atoms with van der Waals surface area (Å²) < 4.78 is 136. The van der Waals surface area contributed by atoms with E-state index in [1.165, 1.54) is 119 Å². The number of oxime groups is 1. The standard InChI is InChI=1S/C23H32N2O4.C18H18N2O5S.C16H18N6O7S2.C16H17N3O5S/c1-7-16-13-15(3)14-17(8-2)18(16)19-20(26)24-9-11-28-12-10-25(24)21(19)29-22(27)23(4,5)6;1-25-16-5-3-2-4-15(16)18(22)20-26(23,24)14-10-6-12(7-11-14)17(21)19-13-8-9-13;1-4-30(24,25)13-14(22-8-6-5-7-10(22)17-13)31(26,27)21-16(23)20-15-18-11(28-2)9-12(19-15)29-3;1-9-10(15(20)11-8-17-19(2)16(11)21)4-5-13(25(3,22)23)14(9)12-6-7-24-18-12/h13-14H,7-12H2,1-6H3;2-7,10-11,13H,8-9H2,1H3,(H,19,21)(H,20,22);5-9H,4H2,1-3H3,(H2,18,19,20,21,23);4-5,8,21H,6-7H2,1-3H3. The third-order valence-corrected chi connectivity index (χ3v) is 22.9. The summed E-state index contributed by atoms with van der Waals surface area (Å²) in [5.41, 5.74) is 6.22. The molecule has 0 unspecified atom stereocenters. The summed E-state index contributed by atoms with van der Waals surface area (Å²) in [7, 11) is -10.7. The monoisotopic (exact) mass is 1610 g/mol. The number of methoxy groups -OCH3 is 3. The SMILES string of the molecule is CCS(=O)(=O)c1nc2ccccn2c1S(=O)(=O)NC(=O)Nc1nc(OC)cc(OC)n1.CCc1cc(C)cc(CC)c1-c1c(OC(=O)C(C)(C)C)n2n(c1=O)CCOCC2.COc1ccccc1C(=O)NS(=O)(=O)c1ccc(C(=O)NC2CC2)cc1.Cc1c(C(=O)c2cnn(C)c2O)ccc(S(C)(=O)=O)c1C1=NOCC1. The fourth-order valence-corrected chi connectivity index (χ4v) is 16.1. The van der Waals surface area contributed by atoms with Crippen LogP contribution in [-0.4, -0.2) is 172 Å². The van der Waals surface area contributed by atoms with Gasteiger partial charge in [-0.25, -0.2) is 58.5 Å². The summed E-state index contributed by atoms with van der Waals surface area (Å²) in [5, 5.41) is 21.3. The topological polar surface area (TPSA) is 446 Å². The molecule has 7 heterocycles. The molecule has 1 saturated carbocycles. The van der Waals surface area contributed by atoms with E-state index in [9.17, 15) is 67.5 Å². The van der Waals surface area contributed by atoms with Crippen molar-refractivity contribution in [2.75, 3.05) is 58.5 Å². The van der Waals surface area contributed by atoms with E-state index in [0.29, 0.717) is 73.2 Å². The number of para-hydroxylation sites is 1. The average molecular weight is 1610 g/mol. The number of nitrogens with zero attached hydrogens (tertiary/aromatic N) is 9. The Morgan fingerprint density at radius 1 is 0.694 bits per heavy atom. The summed E-state index contributed by atoms with van der Waals surface area (Å²) in [4.78, 5) is 92.3. The van der Waals surface area contributed by atoms with Gasteiger partial charge in [0, 0.05) is 48.7 Å². The number of sulfone groups is 2. The minimum atomic E-state index is -4.68. The van der Waals surface area contributed by atoms with Gasteiger partial charge < -0.3 is 38.9 Å². The van der Waals surface area contributed by atoms with Gasteiger partial charge in [-0.1, -0.05) is 61.8 Å². The number of amides is 4. The molecule has 0 spiro atoms. The van der Waals surface area contributed by atoms with Crippen LogP contribution >= 0.6 is 0 Å². The van der Waals surface area contributed by atoms with Crippen molar-refractivity contribution in [1.29, 1.82) is 0 Å². The molecule has 2 aliphatic heterocycles. The van der Waals surface area contributed by atoms with E-state index >= 15 is 0 Å². The molecule has 3 aliphatic rings. The summed E-state index contributed by atoms with van der Waals surface area (Å²) in [6, 6.07) is 23.6. The van der Waals surface area contributed by atoms with Gasteiger partial charge in [-0.2, -0.15) is 23.5 Å². The van der Waals surface area contributed by atoms with Crippen molar-refractivity contribution in [1.82, 2.24) is 53.3 Å². The lowest BCUT2D eigenvalue weighted by atomic mass is 9.91. The molecular formula is C73H85N13O21S4. The van der Waals surface area contributed by atoms with Gasteiger partial charge >= 0.3 is 12.0 Å². The number of fused-ring (bicyclic) bond motifs is 2. The van der Waals surface area contributed by atoms with Crippen molar-refractivity contribution in [2.24, 2.45) is 17.6 Å². The second kappa shape index (κ2) is 34.7. The van der Waals surface area contributed by atoms with Crippen LogP contribution < -0.4 is 44.6 Å². The van der Waals surface area contributed by atoms with Gasteiger partial charge in [0.2, 0.25) is 29.5 Å². The van der Waals surface area contributed by atoms with Crippen molar-refractivity contribution in [3.8, 4) is 40.4 Å². The number of imidazole rings is 1. The van der Waals surface area contributed by atoms with Crippen LogP contribution in [-0.2, 0) is 87.1 Å². The molecule has 0 atom stereocenters. The minimum absolute atomic E-state index is 0.0493. The first-order valence-corrected chi connectivity index (χ1v) is 41.1. The van der Waals surface area contributed by atoms with Crippen LogP contribution in [0.25, 0.3) is 16.8 Å². The fraction of sp³-hybridized carbons (Fsp3) is 0.356. The van der Waals surface area contributed by atoms with Crippen LogP contribution in [0.5, 0.6) is 29.3 Å². The largest absolute Gasteiger partial charge is 0.496 e. The zero-order valence-electron chi connectivity index (χ0n) is 63.0. The highest BCUT2D eigenvalue weighted by Crippen LogP contribution is 2.37. The number of ether oxygens (including phenoxy) is 5. The maximum Gasteiger partial charge on any atom is 0.335 e. The number of benzene rings is 4. The van der Waals surface area contributed by atoms with Crippen LogP contribution in [0.1, 0.15) is 125 Å². The first-order chi connectivity index (χ1) is 52.4. The Kier molecular flexibility index (Phi) is 26.2. The van der Waals surface area contributed by atoms with E-state index in [1.807, 2.05) is 25.5 Å². The van der Waals surface area contributed by atoms with Gasteiger partial charge in [-0.15, -0.1) is 0 Å². The van der Waals surface area contributed by atoms with E-state index in [4.69, 9.17) is 28.5 Å². The minimum Gasteiger partial charge on any atom is -0.496 e. The Morgan fingerprint density at radius 3 is 1.88 bits per heavy atom. The fourth-order valence-electron chi connectivity index (χ4n) is 11.5. The number of aromatic hydroxyl groups is 1. The molecule has 0 saturated heterocycles. The molecule has 34 nitrogen and oxygen atoms in total. The number of nitrogens with one attached hydrogen (secondary N) is 4. The predicted molar refractivity (Wildman–Crippen MR) is 405 cm³/mol. The number of urea groups is 1. The summed E-state index contributed by atoms with van der Waals surface area (Å²) in [6.07, 6.45) is 7.68. The van der Waals surface area contributed by atoms with Gasteiger partial charge in [0.15, 0.2) is 35.5 Å². The average Bonchev–Trinajstić information content (AvgIpc) is 1.54. The van der Waals surface area contributed by atoms with Crippen LogP contribution in [0, 0.1) is 19.3 Å². The van der Waals surface area contributed by atoms with Crippen LogP contribution in [0.4, 0.5) is 10.7 Å². The van der Waals surface area contributed by atoms with Crippen LogP contribution in [0.2, 0.25) is 0 Å². The highest BCUT2D eigenvalue weighted by atomic mass is 32.2. The van der Waals surface area contributed by atoms with Crippen LogP contribution in [0.3, 0.4) is 0 Å². The molecule has 9 aromatic rings. The second-order valence-corrected chi connectivity index (χ2v) is 33.7. The highest BCUT2D eigenvalue weighted by Gasteiger charge is 2.36. The predicted octanol–water partition coefficient (Wildman–Crippen LogP) is 7.08. The molecule has 592 valence electrons. The van der Waals surface area contributed by atoms with Crippen molar-refractivity contribution >= 4 is 86.6 Å². The Labute approximate surface area is 640 Å². The number of esters is 1. The lowest BCUT2D eigenvalue weighted by Crippen LogP contribution is -2.36. The zero-order valence-corrected chi connectivity index (χ0v) is 66.3. The van der Waals surface area contributed by atoms with E-state index in [1.54, 1.807) is 45.3 Å². The van der Waals surface area contributed by atoms with Gasteiger partial charge in [-0.3, -0.25) is 33.7 Å². The molecule has 1 fully saturated rings. The summed E-state index contributed by atoms with van der Waals surface area (Å²) >= 11 is 0. The Balaban J connectivity index is 0.000000171. The Hall–Kier alpha value is -11.4. The molecular weight excluding hydrogens is 1520 g/mol. The lowest BCUT2D eigenvalue weighted by Gasteiger charge is -2.19. The number of anilines is 1. The third kappa shape index (κ3) is 19.5. The van der Waals surface area contributed by atoms with Crippen molar-refractivity contribution in [3.05, 3.63) is 170 Å². The number of ketones is 1. The number of rotatable bonds is 21. The number of pyridine rings is 1. The normalized spacial score (nSPS) is 13.5. The second-order valence-electron chi connectivity index (χ2n) is 26.3. The first kappa shape index (κ1) is 83.7. The number of aromatic nitrogens is 8. The summed E-state index contributed by atoms with van der Waals surface area (Å²) in [6.45, 7) is 16.9. The van der Waals surface area contributed by atoms with E-state index in [-0.39, 0.29) is 90.7 Å². The third-order valence-electron chi connectivity index (χ3n) is 17.3. The van der Waals surface area contributed by atoms with Gasteiger partial charge in [-0.05, 0) is 143 Å². The zero-order chi connectivity index (χ0) is 81.2. The van der Waals surface area contributed by atoms with E-state index in [0.717, 1.165) is 53.0 Å². The van der Waals surface area contributed by atoms with E-state index in [2.05, 4.69) is 68.7 Å². The number of carbonyl (C=O) groups excluding carboxylic acids is 5. The number of hydrogen-bond acceptors (Lipinski definition) is 26. The van der Waals surface area contributed by atoms with E-state index < -0.39 is 72.9 Å². The maximum absolute atomic E-state index is 13.5. The Bertz CT molecular complexity index is 5600. The molecule has 0 radical (unpaired) electrons. The quantitative estimate of drug-likeness (QED) is 0.0354. The van der Waals surface area contributed by atoms with Crippen molar-refractivity contribution in [3.63, 3.8) is 0 Å². The number of sulfonamides is 2. The summed E-state index contributed by atoms with van der Waals surface area (Å²) in [5.74, 6) is -2.04. The van der Waals surface area contributed by atoms with Crippen molar-refractivity contribution < 1.29 is 91.3 Å². The van der Waals surface area contributed by atoms with Crippen molar-refractivity contribution in [2.45, 2.75) is 126 Å². The maximum atomic E-state index is 13.5. The molecule has 5 N–H and O–H groups in total. The molecule has 5 aromatic heterocycles. The molecule has 4 amide bonds. The van der Waals surface area contributed by atoms with Crippen LogP contribution in [0.15, 0.2) is 139 Å². The molecule has 38 heteroatoms. The molecule has 0 bridgehead atoms. The van der Waals surface area contributed by atoms with Gasteiger partial charge in [0.1, 0.15) is 29.1 Å². The lowest BCUT2D eigenvalue weighted by molar-refractivity contribution is -0.143. The number of carbonyl (C=O) groups is 5. The first-order valence-electron chi connectivity index (χ1n) is 34.6. The molecule has 111 heavy (non-hydrogen) atoms. The molecule has 1 aliphatic carbocycles. The van der Waals surface area contributed by atoms with Gasteiger partial charge in [0.25, 0.3) is 37.4 Å². The molecule has 4 aromatic carbocycles.